The van der Waals surface area contributed by atoms with Crippen LogP contribution < -0.4 is 5.32 Å². The molecule has 3 nitrogen and oxygen atoms in total. The van der Waals surface area contributed by atoms with E-state index in [0.29, 0.717) is 11.5 Å². The van der Waals surface area contributed by atoms with Gasteiger partial charge in [-0.2, -0.15) is 0 Å². The number of nitrogens with one attached hydrogen (secondary N) is 1. The van der Waals surface area contributed by atoms with Crippen molar-refractivity contribution in [2.45, 2.75) is 66.0 Å². The zero-order valence-electron chi connectivity index (χ0n) is 14.5. The highest BCUT2D eigenvalue weighted by Crippen LogP contribution is 2.28. The van der Waals surface area contributed by atoms with Crippen molar-refractivity contribution in [3.05, 3.63) is 0 Å². The summed E-state index contributed by atoms with van der Waals surface area (Å²) in [7, 11) is 3.99. The SMILES string of the molecule is CCC(CC)(CNC(C)(C)C)CN(C)C(C)COC. The van der Waals surface area contributed by atoms with Crippen molar-refractivity contribution in [3.8, 4) is 0 Å². The molecule has 0 heterocycles. The second kappa shape index (κ2) is 8.23. The second-order valence-electron chi connectivity index (χ2n) is 7.03. The van der Waals surface area contributed by atoms with Crippen molar-refractivity contribution in [2.24, 2.45) is 5.41 Å². The van der Waals surface area contributed by atoms with Crippen LogP contribution in [0.3, 0.4) is 0 Å². The molecule has 0 aliphatic carbocycles. The number of likely N-dealkylation sites (N-methyl/N-ethyl adjacent to an activating group) is 1. The number of ether oxygens (including phenoxy) is 1. The van der Waals surface area contributed by atoms with Crippen LogP contribution in [0.4, 0.5) is 0 Å². The van der Waals surface area contributed by atoms with E-state index in [4.69, 9.17) is 4.74 Å². The number of hydrogen-bond acceptors (Lipinski definition) is 3. The van der Waals surface area contributed by atoms with Gasteiger partial charge in [-0.05, 0) is 53.0 Å². The molecule has 0 saturated carbocycles. The molecule has 0 aromatic rings. The van der Waals surface area contributed by atoms with E-state index < -0.39 is 0 Å². The molecule has 19 heavy (non-hydrogen) atoms. The summed E-state index contributed by atoms with van der Waals surface area (Å²) in [5.74, 6) is 0. The maximum atomic E-state index is 5.26. The van der Waals surface area contributed by atoms with Crippen molar-refractivity contribution >= 4 is 0 Å². The highest BCUT2D eigenvalue weighted by Gasteiger charge is 2.30. The molecule has 0 bridgehead atoms. The van der Waals surface area contributed by atoms with Crippen LogP contribution in [0.5, 0.6) is 0 Å². The molecule has 0 rings (SSSR count). The quantitative estimate of drug-likeness (QED) is 0.698. The normalized spacial score (nSPS) is 15.0. The first kappa shape index (κ1) is 18.9. The van der Waals surface area contributed by atoms with Crippen LogP contribution in [0.2, 0.25) is 0 Å². The first-order valence-corrected chi connectivity index (χ1v) is 7.64. The lowest BCUT2D eigenvalue weighted by Gasteiger charge is -2.40. The van der Waals surface area contributed by atoms with Gasteiger partial charge in [-0.3, -0.25) is 0 Å². The average Bonchev–Trinajstić information content (AvgIpc) is 2.33. The van der Waals surface area contributed by atoms with Crippen LogP contribution in [0.15, 0.2) is 0 Å². The van der Waals surface area contributed by atoms with Gasteiger partial charge in [0.15, 0.2) is 0 Å². The first-order chi connectivity index (χ1) is 8.69. The van der Waals surface area contributed by atoms with E-state index in [1.54, 1.807) is 7.11 Å². The van der Waals surface area contributed by atoms with Crippen LogP contribution in [0, 0.1) is 5.41 Å². The van der Waals surface area contributed by atoms with E-state index in [9.17, 15) is 0 Å². The van der Waals surface area contributed by atoms with E-state index in [1.165, 1.54) is 12.8 Å². The van der Waals surface area contributed by atoms with Gasteiger partial charge >= 0.3 is 0 Å². The van der Waals surface area contributed by atoms with Crippen LogP contribution in [0.25, 0.3) is 0 Å². The van der Waals surface area contributed by atoms with Gasteiger partial charge < -0.3 is 15.0 Å². The van der Waals surface area contributed by atoms with E-state index >= 15 is 0 Å². The summed E-state index contributed by atoms with van der Waals surface area (Å²) in [6.45, 7) is 16.6. The Bertz CT molecular complexity index is 231. The summed E-state index contributed by atoms with van der Waals surface area (Å²) >= 11 is 0. The van der Waals surface area contributed by atoms with Crippen LogP contribution in [0.1, 0.15) is 54.4 Å². The Balaban J connectivity index is 4.61. The highest BCUT2D eigenvalue weighted by molar-refractivity contribution is 4.86. The zero-order chi connectivity index (χ0) is 15.1. The maximum absolute atomic E-state index is 5.26. The van der Waals surface area contributed by atoms with E-state index in [2.05, 4.69) is 58.8 Å². The molecule has 116 valence electrons. The third kappa shape index (κ3) is 7.28. The predicted octanol–water partition coefficient (Wildman–Crippen LogP) is 3.15. The summed E-state index contributed by atoms with van der Waals surface area (Å²) in [5.41, 5.74) is 0.538. The molecular formula is C16H36N2O. The Morgan fingerprint density at radius 2 is 1.68 bits per heavy atom. The minimum Gasteiger partial charge on any atom is -0.383 e. The van der Waals surface area contributed by atoms with Crippen molar-refractivity contribution in [2.75, 3.05) is 33.9 Å². The van der Waals surface area contributed by atoms with Gasteiger partial charge in [-0.25, -0.2) is 0 Å². The minimum absolute atomic E-state index is 0.187. The molecule has 0 aromatic heterocycles. The van der Waals surface area contributed by atoms with Crippen molar-refractivity contribution in [1.82, 2.24) is 10.2 Å². The molecule has 1 N–H and O–H groups in total. The second-order valence-corrected chi connectivity index (χ2v) is 7.03. The molecule has 0 spiro atoms. The lowest BCUT2D eigenvalue weighted by atomic mass is 9.80. The molecule has 0 fully saturated rings. The van der Waals surface area contributed by atoms with E-state index in [0.717, 1.165) is 19.7 Å². The van der Waals surface area contributed by atoms with Gasteiger partial charge in [-0.1, -0.05) is 13.8 Å². The number of methoxy groups -OCH3 is 1. The molecule has 0 saturated heterocycles. The summed E-state index contributed by atoms with van der Waals surface area (Å²) in [6, 6.07) is 0.470. The molecule has 0 amide bonds. The third-order valence-corrected chi connectivity index (χ3v) is 4.24. The Morgan fingerprint density at radius 1 is 1.16 bits per heavy atom. The largest absolute Gasteiger partial charge is 0.383 e. The van der Waals surface area contributed by atoms with E-state index in [1.807, 2.05) is 0 Å². The summed E-state index contributed by atoms with van der Waals surface area (Å²) in [6.07, 6.45) is 2.41. The van der Waals surface area contributed by atoms with Gasteiger partial charge in [0, 0.05) is 31.8 Å². The topological polar surface area (TPSA) is 24.5 Å². The van der Waals surface area contributed by atoms with Crippen molar-refractivity contribution in [1.29, 1.82) is 0 Å². The molecule has 0 radical (unpaired) electrons. The lowest BCUT2D eigenvalue weighted by molar-refractivity contribution is 0.0727. The average molecular weight is 272 g/mol. The summed E-state index contributed by atoms with van der Waals surface area (Å²) in [5, 5.41) is 3.68. The first-order valence-electron chi connectivity index (χ1n) is 7.64. The molecule has 0 aliphatic rings. The fourth-order valence-corrected chi connectivity index (χ4v) is 2.29. The van der Waals surface area contributed by atoms with Gasteiger partial charge in [0.25, 0.3) is 0 Å². The van der Waals surface area contributed by atoms with Gasteiger partial charge in [0.05, 0.1) is 6.61 Å². The smallest absolute Gasteiger partial charge is 0.0615 e. The van der Waals surface area contributed by atoms with Crippen LogP contribution >= 0.6 is 0 Å². The fourth-order valence-electron chi connectivity index (χ4n) is 2.29. The van der Waals surface area contributed by atoms with Crippen LogP contribution in [-0.4, -0.2) is 50.3 Å². The monoisotopic (exact) mass is 272 g/mol. The van der Waals surface area contributed by atoms with Gasteiger partial charge in [0.1, 0.15) is 0 Å². The van der Waals surface area contributed by atoms with Gasteiger partial charge in [0.2, 0.25) is 0 Å². The predicted molar refractivity (Wildman–Crippen MR) is 84.7 cm³/mol. The standard InChI is InChI=1S/C16H36N2O/c1-9-16(10-2,12-17-15(4,5)6)13-18(7)14(3)11-19-8/h14,17H,9-13H2,1-8H3. The van der Waals surface area contributed by atoms with Crippen molar-refractivity contribution < 1.29 is 4.74 Å². The maximum Gasteiger partial charge on any atom is 0.0615 e. The molecule has 0 aromatic carbocycles. The Morgan fingerprint density at radius 3 is 2.05 bits per heavy atom. The Kier molecular flexibility index (Phi) is 8.18. The van der Waals surface area contributed by atoms with E-state index in [-0.39, 0.29) is 5.54 Å². The summed E-state index contributed by atoms with van der Waals surface area (Å²) < 4.78 is 5.26. The van der Waals surface area contributed by atoms with Crippen molar-refractivity contribution in [3.63, 3.8) is 0 Å². The van der Waals surface area contributed by atoms with Gasteiger partial charge in [-0.15, -0.1) is 0 Å². The van der Waals surface area contributed by atoms with Crippen LogP contribution in [-0.2, 0) is 4.74 Å². The molecule has 1 unspecified atom stereocenters. The zero-order valence-corrected chi connectivity index (χ0v) is 14.5. The minimum atomic E-state index is 0.187. The number of hydrogen-bond donors (Lipinski definition) is 1. The Hall–Kier alpha value is -0.120. The molecule has 3 heteroatoms. The molecular weight excluding hydrogens is 236 g/mol. The number of rotatable bonds is 9. The molecule has 0 aliphatic heterocycles. The Labute approximate surface area is 121 Å². The molecule has 1 atom stereocenters. The number of nitrogens with zero attached hydrogens (tertiary/aromatic N) is 1. The third-order valence-electron chi connectivity index (χ3n) is 4.24. The lowest BCUT2D eigenvalue weighted by Crippen LogP contribution is -2.49. The summed E-state index contributed by atoms with van der Waals surface area (Å²) in [4.78, 5) is 2.43. The highest BCUT2D eigenvalue weighted by atomic mass is 16.5. The fraction of sp³-hybridized carbons (Fsp3) is 1.00.